The van der Waals surface area contributed by atoms with Gasteiger partial charge in [-0.2, -0.15) is 0 Å². The molecule has 1 aliphatic rings. The van der Waals surface area contributed by atoms with E-state index in [4.69, 9.17) is 34.6 Å². The number of nitrogens with zero attached hydrogens (tertiary/aromatic N) is 1. The lowest BCUT2D eigenvalue weighted by atomic mass is 9.92. The standard InChI is InChI=1S/C26H28FNO3.C6H8O7/c1-29-23-13-7-19(8-14-23)15-28(16-21-5-3-4-6-26(21)30-2)25-18-31-17-24(25)20-9-11-22(27)12-10-20;7-3(8)1-6(13,5(11)12)2-4(9)10/h3-14,24-25H,15-18H2,1-2H3;13H,1-2H2,(H,7,8)(H,9,10)(H,11,12)/t24-,25+;/m0./s1. The molecule has 3 aromatic carbocycles. The lowest BCUT2D eigenvalue weighted by molar-refractivity contribution is -0.170. The van der Waals surface area contributed by atoms with E-state index in [2.05, 4.69) is 23.1 Å². The highest BCUT2D eigenvalue weighted by Gasteiger charge is 2.41. The molecule has 0 saturated carbocycles. The van der Waals surface area contributed by atoms with E-state index in [0.29, 0.717) is 13.2 Å². The van der Waals surface area contributed by atoms with Crippen molar-refractivity contribution in [3.8, 4) is 11.5 Å². The van der Waals surface area contributed by atoms with Gasteiger partial charge in [0.15, 0.2) is 5.60 Å². The maximum absolute atomic E-state index is 13.5. The summed E-state index contributed by atoms with van der Waals surface area (Å²) in [5.41, 5.74) is 0.685. The minimum absolute atomic E-state index is 0.164. The Kier molecular flexibility index (Phi) is 12.2. The fourth-order valence-corrected chi connectivity index (χ4v) is 4.95. The van der Waals surface area contributed by atoms with E-state index in [0.717, 1.165) is 35.7 Å². The number of rotatable bonds is 13. The molecule has 11 nitrogen and oxygen atoms in total. The molecule has 1 fully saturated rings. The maximum Gasteiger partial charge on any atom is 0.336 e. The van der Waals surface area contributed by atoms with Gasteiger partial charge in [0.25, 0.3) is 0 Å². The van der Waals surface area contributed by atoms with Crippen molar-refractivity contribution in [3.63, 3.8) is 0 Å². The number of para-hydroxylation sites is 1. The number of halogens is 1. The van der Waals surface area contributed by atoms with E-state index in [-0.39, 0.29) is 17.8 Å². The van der Waals surface area contributed by atoms with Crippen LogP contribution in [0.15, 0.2) is 72.8 Å². The molecule has 0 amide bonds. The van der Waals surface area contributed by atoms with Crippen LogP contribution < -0.4 is 9.47 Å². The quantitative estimate of drug-likeness (QED) is 0.222. The smallest absolute Gasteiger partial charge is 0.336 e. The summed E-state index contributed by atoms with van der Waals surface area (Å²) >= 11 is 0. The zero-order chi connectivity index (χ0) is 32.3. The molecule has 1 saturated heterocycles. The van der Waals surface area contributed by atoms with Crippen LogP contribution in [-0.4, -0.2) is 82.3 Å². The number of aliphatic carboxylic acids is 3. The third kappa shape index (κ3) is 9.49. The Morgan fingerprint density at radius 2 is 1.48 bits per heavy atom. The molecule has 0 aliphatic carbocycles. The monoisotopic (exact) mass is 613 g/mol. The molecule has 1 heterocycles. The highest BCUT2D eigenvalue weighted by atomic mass is 19.1. The number of hydrogen-bond donors (Lipinski definition) is 4. The van der Waals surface area contributed by atoms with Crippen molar-refractivity contribution >= 4 is 17.9 Å². The fourth-order valence-electron chi connectivity index (χ4n) is 4.95. The number of methoxy groups -OCH3 is 2. The Balaban J connectivity index is 0.000000345. The van der Waals surface area contributed by atoms with Crippen molar-refractivity contribution in [1.29, 1.82) is 0 Å². The minimum atomic E-state index is -2.74. The average molecular weight is 614 g/mol. The molecule has 4 rings (SSSR count). The summed E-state index contributed by atoms with van der Waals surface area (Å²) in [5, 5.41) is 33.8. The van der Waals surface area contributed by atoms with Gasteiger partial charge in [-0.3, -0.25) is 14.5 Å². The van der Waals surface area contributed by atoms with Gasteiger partial charge in [-0.25, -0.2) is 9.18 Å². The molecule has 0 aromatic heterocycles. The third-order valence-corrected chi connectivity index (χ3v) is 7.21. The highest BCUT2D eigenvalue weighted by Crippen LogP contribution is 2.33. The first-order chi connectivity index (χ1) is 20.9. The third-order valence-electron chi connectivity index (χ3n) is 7.21. The van der Waals surface area contributed by atoms with E-state index in [9.17, 15) is 18.8 Å². The number of benzene rings is 3. The predicted molar refractivity (Wildman–Crippen MR) is 156 cm³/mol. The molecular weight excluding hydrogens is 577 g/mol. The van der Waals surface area contributed by atoms with Gasteiger partial charge in [0.1, 0.15) is 17.3 Å². The first-order valence-corrected chi connectivity index (χ1v) is 13.7. The summed E-state index contributed by atoms with van der Waals surface area (Å²) in [5.74, 6) is -3.35. The van der Waals surface area contributed by atoms with Crippen LogP contribution in [0.4, 0.5) is 4.39 Å². The summed E-state index contributed by atoms with van der Waals surface area (Å²) in [6.07, 6.45) is -2.29. The van der Waals surface area contributed by atoms with Gasteiger partial charge in [-0.15, -0.1) is 0 Å². The summed E-state index contributed by atoms with van der Waals surface area (Å²) in [4.78, 5) is 32.9. The Morgan fingerprint density at radius 3 is 2.02 bits per heavy atom. The fraction of sp³-hybridized carbons (Fsp3) is 0.344. The van der Waals surface area contributed by atoms with Crippen LogP contribution >= 0.6 is 0 Å². The average Bonchev–Trinajstić information content (AvgIpc) is 3.47. The van der Waals surface area contributed by atoms with E-state index in [1.807, 2.05) is 42.5 Å². The zero-order valence-electron chi connectivity index (χ0n) is 24.4. The van der Waals surface area contributed by atoms with Gasteiger partial charge in [-0.1, -0.05) is 42.5 Å². The molecule has 0 bridgehead atoms. The van der Waals surface area contributed by atoms with Crippen molar-refractivity contribution < 1.29 is 53.4 Å². The summed E-state index contributed by atoms with van der Waals surface area (Å²) < 4.78 is 30.3. The second-order valence-electron chi connectivity index (χ2n) is 10.3. The second kappa shape index (κ2) is 15.8. The van der Waals surface area contributed by atoms with Crippen LogP contribution in [0.25, 0.3) is 0 Å². The Morgan fingerprint density at radius 1 is 0.864 bits per heavy atom. The molecule has 236 valence electrons. The molecule has 0 unspecified atom stereocenters. The van der Waals surface area contributed by atoms with Crippen molar-refractivity contribution in [3.05, 3.63) is 95.3 Å². The van der Waals surface area contributed by atoms with Crippen LogP contribution in [-0.2, 0) is 32.2 Å². The summed E-state index contributed by atoms with van der Waals surface area (Å²) in [7, 11) is 3.37. The number of hydrogen-bond acceptors (Lipinski definition) is 8. The van der Waals surface area contributed by atoms with Gasteiger partial charge in [-0.05, 0) is 41.5 Å². The molecule has 0 radical (unpaired) electrons. The van der Waals surface area contributed by atoms with Crippen LogP contribution in [0, 0.1) is 5.82 Å². The van der Waals surface area contributed by atoms with Crippen LogP contribution in [0.1, 0.15) is 35.4 Å². The largest absolute Gasteiger partial charge is 0.497 e. The van der Waals surface area contributed by atoms with E-state index >= 15 is 0 Å². The lowest BCUT2D eigenvalue weighted by Crippen LogP contribution is -2.42. The van der Waals surface area contributed by atoms with E-state index < -0.39 is 36.4 Å². The Labute approximate surface area is 254 Å². The molecular formula is C32H36FNO10. The number of carbonyl (C=O) groups is 3. The molecule has 2 atom stereocenters. The van der Waals surface area contributed by atoms with Crippen molar-refractivity contribution in [2.24, 2.45) is 0 Å². The van der Waals surface area contributed by atoms with Crippen LogP contribution in [0.5, 0.6) is 11.5 Å². The zero-order valence-corrected chi connectivity index (χ0v) is 24.4. The Hall–Kier alpha value is -4.52. The van der Waals surface area contributed by atoms with Crippen molar-refractivity contribution in [1.82, 2.24) is 4.90 Å². The molecule has 12 heteroatoms. The van der Waals surface area contributed by atoms with Crippen molar-refractivity contribution in [2.45, 2.75) is 43.5 Å². The van der Waals surface area contributed by atoms with Gasteiger partial charge < -0.3 is 34.6 Å². The number of aliphatic hydroxyl groups is 1. The van der Waals surface area contributed by atoms with Crippen molar-refractivity contribution in [2.75, 3.05) is 27.4 Å². The highest BCUT2D eigenvalue weighted by molar-refractivity contribution is 5.88. The topological polar surface area (TPSA) is 163 Å². The van der Waals surface area contributed by atoms with Crippen LogP contribution in [0.2, 0.25) is 0 Å². The van der Waals surface area contributed by atoms with Gasteiger partial charge in [0.2, 0.25) is 0 Å². The predicted octanol–water partition coefficient (Wildman–Crippen LogP) is 3.78. The molecule has 0 spiro atoms. The normalized spacial score (nSPS) is 16.1. The van der Waals surface area contributed by atoms with Gasteiger partial charge in [0.05, 0.1) is 40.3 Å². The molecule has 3 aromatic rings. The SMILES string of the molecule is COc1ccc(CN(Cc2ccccc2OC)[C@@H]2COC[C@H]2c2ccc(F)cc2)cc1.O=C(O)CC(O)(CC(=O)O)C(=O)O. The molecule has 44 heavy (non-hydrogen) atoms. The van der Waals surface area contributed by atoms with Gasteiger partial charge >= 0.3 is 17.9 Å². The first kappa shape index (κ1) is 34.0. The van der Waals surface area contributed by atoms with Gasteiger partial charge in [0, 0.05) is 30.6 Å². The molecule has 1 aliphatic heterocycles. The van der Waals surface area contributed by atoms with E-state index in [1.165, 1.54) is 17.7 Å². The number of ether oxygens (including phenoxy) is 3. The second-order valence-corrected chi connectivity index (χ2v) is 10.3. The number of carboxylic acids is 3. The first-order valence-electron chi connectivity index (χ1n) is 13.7. The minimum Gasteiger partial charge on any atom is -0.497 e. The lowest BCUT2D eigenvalue weighted by Gasteiger charge is -2.32. The molecule has 4 N–H and O–H groups in total. The number of carboxylic acid groups (broad SMARTS) is 3. The Bertz CT molecular complexity index is 1380. The van der Waals surface area contributed by atoms with Crippen LogP contribution in [0.3, 0.4) is 0 Å². The summed E-state index contributed by atoms with van der Waals surface area (Å²) in [6, 6.07) is 23.2. The van der Waals surface area contributed by atoms with E-state index in [1.54, 1.807) is 14.2 Å². The summed E-state index contributed by atoms with van der Waals surface area (Å²) in [6.45, 7) is 2.74. The maximum atomic E-state index is 13.5.